The van der Waals surface area contributed by atoms with Crippen LogP contribution in [-0.2, 0) is 4.79 Å². The quantitative estimate of drug-likeness (QED) is 0.809. The summed E-state index contributed by atoms with van der Waals surface area (Å²) in [6.45, 7) is 0. The Morgan fingerprint density at radius 3 is 2.88 bits per heavy atom. The SMILES string of the molecule is O=C1CC(c2ccc[nH]2)Sc2ccccc2N1. The number of fused-ring (bicyclic) bond motifs is 1. The molecule has 4 heteroatoms. The summed E-state index contributed by atoms with van der Waals surface area (Å²) >= 11 is 1.72. The van der Waals surface area contributed by atoms with Crippen molar-refractivity contribution in [2.45, 2.75) is 16.6 Å². The molecule has 0 bridgehead atoms. The number of carbonyl (C=O) groups excluding carboxylic acids is 1. The average molecular weight is 244 g/mol. The highest BCUT2D eigenvalue weighted by Gasteiger charge is 2.23. The second-order valence-electron chi connectivity index (χ2n) is 3.98. The van der Waals surface area contributed by atoms with Gasteiger partial charge in [-0.05, 0) is 24.3 Å². The van der Waals surface area contributed by atoms with E-state index in [2.05, 4.69) is 10.3 Å². The molecule has 17 heavy (non-hydrogen) atoms. The minimum absolute atomic E-state index is 0.0713. The van der Waals surface area contributed by atoms with Crippen LogP contribution in [-0.4, -0.2) is 10.9 Å². The van der Waals surface area contributed by atoms with E-state index in [-0.39, 0.29) is 11.2 Å². The van der Waals surface area contributed by atoms with Gasteiger partial charge < -0.3 is 10.3 Å². The maximum atomic E-state index is 11.8. The van der Waals surface area contributed by atoms with Gasteiger partial charge in [0.25, 0.3) is 0 Å². The van der Waals surface area contributed by atoms with Gasteiger partial charge in [0.05, 0.1) is 10.9 Å². The second kappa shape index (κ2) is 4.30. The third-order valence-corrected chi connectivity index (χ3v) is 4.09. The predicted octanol–water partition coefficient (Wildman–Crippen LogP) is 3.19. The van der Waals surface area contributed by atoms with Gasteiger partial charge in [-0.3, -0.25) is 4.79 Å². The first kappa shape index (κ1) is 10.5. The van der Waals surface area contributed by atoms with Crippen LogP contribution in [0.1, 0.15) is 17.4 Å². The van der Waals surface area contributed by atoms with Crippen molar-refractivity contribution in [2.75, 3.05) is 5.32 Å². The molecule has 0 saturated heterocycles. The highest BCUT2D eigenvalue weighted by molar-refractivity contribution is 7.99. The van der Waals surface area contributed by atoms with Crippen molar-refractivity contribution >= 4 is 23.4 Å². The Morgan fingerprint density at radius 1 is 1.18 bits per heavy atom. The number of hydrogen-bond acceptors (Lipinski definition) is 2. The van der Waals surface area contributed by atoms with Gasteiger partial charge in [-0.1, -0.05) is 12.1 Å². The van der Waals surface area contributed by atoms with E-state index in [9.17, 15) is 4.79 Å². The lowest BCUT2D eigenvalue weighted by molar-refractivity contribution is -0.116. The molecule has 1 aromatic heterocycles. The fourth-order valence-corrected chi connectivity index (χ4v) is 3.17. The number of carbonyl (C=O) groups is 1. The molecule has 0 fully saturated rings. The Kier molecular flexibility index (Phi) is 2.65. The molecule has 2 heterocycles. The molecule has 1 amide bonds. The van der Waals surface area contributed by atoms with Crippen LogP contribution < -0.4 is 5.32 Å². The largest absolute Gasteiger partial charge is 0.364 e. The number of thioether (sulfide) groups is 1. The molecule has 0 saturated carbocycles. The number of H-pyrrole nitrogens is 1. The summed E-state index contributed by atoms with van der Waals surface area (Å²) < 4.78 is 0. The molecule has 86 valence electrons. The normalized spacial score (nSPS) is 19.3. The summed E-state index contributed by atoms with van der Waals surface area (Å²) in [5, 5.41) is 3.10. The number of hydrogen-bond donors (Lipinski definition) is 2. The molecule has 3 rings (SSSR count). The van der Waals surface area contributed by atoms with Crippen LogP contribution in [0.15, 0.2) is 47.5 Å². The molecule has 0 radical (unpaired) electrons. The molecule has 1 aliphatic rings. The average Bonchev–Trinajstić information content (AvgIpc) is 2.79. The van der Waals surface area contributed by atoms with Crippen LogP contribution in [0.2, 0.25) is 0 Å². The van der Waals surface area contributed by atoms with E-state index in [0.717, 1.165) is 16.3 Å². The summed E-state index contributed by atoms with van der Waals surface area (Å²) in [6.07, 6.45) is 2.39. The molecule has 0 spiro atoms. The lowest BCUT2D eigenvalue weighted by Gasteiger charge is -2.10. The topological polar surface area (TPSA) is 44.9 Å². The van der Waals surface area contributed by atoms with Gasteiger partial charge >= 0.3 is 0 Å². The second-order valence-corrected chi connectivity index (χ2v) is 5.22. The summed E-state index contributed by atoms with van der Waals surface area (Å²) in [5.74, 6) is 0.0713. The summed E-state index contributed by atoms with van der Waals surface area (Å²) in [4.78, 5) is 16.1. The van der Waals surface area contributed by atoms with E-state index >= 15 is 0 Å². The smallest absolute Gasteiger partial charge is 0.225 e. The first-order chi connectivity index (χ1) is 8.33. The molecule has 1 aromatic carbocycles. The molecule has 2 aromatic rings. The Balaban J connectivity index is 1.98. The molecule has 0 aliphatic carbocycles. The molecule has 1 atom stereocenters. The van der Waals surface area contributed by atoms with Crippen LogP contribution in [0.3, 0.4) is 0 Å². The van der Waals surface area contributed by atoms with Crippen LogP contribution in [0.25, 0.3) is 0 Å². The molecule has 3 nitrogen and oxygen atoms in total. The zero-order chi connectivity index (χ0) is 11.7. The van der Waals surface area contributed by atoms with Crippen LogP contribution >= 0.6 is 11.8 Å². The fourth-order valence-electron chi connectivity index (χ4n) is 1.96. The number of anilines is 1. The lowest BCUT2D eigenvalue weighted by Crippen LogP contribution is -2.11. The van der Waals surface area contributed by atoms with Gasteiger partial charge in [0.1, 0.15) is 0 Å². The maximum absolute atomic E-state index is 11.8. The number of rotatable bonds is 1. The predicted molar refractivity (Wildman–Crippen MR) is 69.1 cm³/mol. The van der Waals surface area contributed by atoms with Crippen LogP contribution in [0.5, 0.6) is 0 Å². The monoisotopic (exact) mass is 244 g/mol. The van der Waals surface area contributed by atoms with Crippen molar-refractivity contribution in [1.82, 2.24) is 4.98 Å². The van der Waals surface area contributed by atoms with Crippen LogP contribution in [0, 0.1) is 0 Å². The van der Waals surface area contributed by atoms with Crippen molar-refractivity contribution in [2.24, 2.45) is 0 Å². The number of aromatic amines is 1. The van der Waals surface area contributed by atoms with Gasteiger partial charge in [0.15, 0.2) is 0 Å². The Morgan fingerprint density at radius 2 is 2.06 bits per heavy atom. The van der Waals surface area contributed by atoms with E-state index in [1.165, 1.54) is 0 Å². The van der Waals surface area contributed by atoms with Crippen molar-refractivity contribution in [1.29, 1.82) is 0 Å². The number of benzene rings is 1. The van der Waals surface area contributed by atoms with Crippen molar-refractivity contribution < 1.29 is 4.79 Å². The zero-order valence-electron chi connectivity index (χ0n) is 9.14. The standard InChI is InChI=1S/C13H12N2OS/c16-13-8-12(9-5-3-7-14-9)17-11-6-2-1-4-10(11)15-13/h1-7,12,14H,8H2,(H,15,16). The Labute approximate surface area is 104 Å². The van der Waals surface area contributed by atoms with E-state index in [4.69, 9.17) is 0 Å². The molecule has 2 N–H and O–H groups in total. The summed E-state index contributed by atoms with van der Waals surface area (Å²) in [5.41, 5.74) is 2.01. The maximum Gasteiger partial charge on any atom is 0.225 e. The first-order valence-corrected chi connectivity index (χ1v) is 6.40. The van der Waals surface area contributed by atoms with E-state index < -0.39 is 0 Å². The molecular weight excluding hydrogens is 232 g/mol. The van der Waals surface area contributed by atoms with Gasteiger partial charge in [-0.15, -0.1) is 11.8 Å². The molecule has 1 aliphatic heterocycles. The number of para-hydroxylation sites is 1. The molecular formula is C13H12N2OS. The third-order valence-electron chi connectivity index (χ3n) is 2.77. The Hall–Kier alpha value is -1.68. The first-order valence-electron chi connectivity index (χ1n) is 5.52. The van der Waals surface area contributed by atoms with Crippen LogP contribution in [0.4, 0.5) is 5.69 Å². The Bertz CT molecular complexity index is 536. The number of amides is 1. The number of aromatic nitrogens is 1. The van der Waals surface area contributed by atoms with Crippen molar-refractivity contribution in [3.8, 4) is 0 Å². The van der Waals surface area contributed by atoms with Gasteiger partial charge in [0.2, 0.25) is 5.91 Å². The minimum Gasteiger partial charge on any atom is -0.364 e. The van der Waals surface area contributed by atoms with Crippen molar-refractivity contribution in [3.05, 3.63) is 48.3 Å². The number of nitrogens with one attached hydrogen (secondary N) is 2. The van der Waals surface area contributed by atoms with Gasteiger partial charge in [-0.25, -0.2) is 0 Å². The zero-order valence-corrected chi connectivity index (χ0v) is 9.96. The summed E-state index contributed by atoms with van der Waals surface area (Å²) in [7, 11) is 0. The third kappa shape index (κ3) is 2.08. The summed E-state index contributed by atoms with van der Waals surface area (Å²) in [6, 6.07) is 11.9. The lowest BCUT2D eigenvalue weighted by atomic mass is 10.2. The fraction of sp³-hybridized carbons (Fsp3) is 0.154. The minimum atomic E-state index is 0.0713. The van der Waals surface area contributed by atoms with Gasteiger partial charge in [-0.2, -0.15) is 0 Å². The van der Waals surface area contributed by atoms with Gasteiger partial charge in [0, 0.05) is 23.2 Å². The van der Waals surface area contributed by atoms with E-state index in [1.54, 1.807) is 11.8 Å². The highest BCUT2D eigenvalue weighted by Crippen LogP contribution is 2.42. The van der Waals surface area contributed by atoms with E-state index in [1.807, 2.05) is 42.6 Å². The van der Waals surface area contributed by atoms with Crippen molar-refractivity contribution in [3.63, 3.8) is 0 Å². The highest BCUT2D eigenvalue weighted by atomic mass is 32.2. The molecule has 1 unspecified atom stereocenters. The van der Waals surface area contributed by atoms with E-state index in [0.29, 0.717) is 6.42 Å².